The maximum Gasteiger partial charge on any atom is 0.317 e. The minimum Gasteiger partial charge on any atom is -0.345 e. The number of carbonyl (C=O) groups excluding carboxylic acids is 1. The van der Waals surface area contributed by atoms with Crippen LogP contribution in [0.1, 0.15) is 31.9 Å². The Hall–Kier alpha value is -2.16. The molecule has 1 unspecified atom stereocenters. The van der Waals surface area contributed by atoms with E-state index in [1.165, 1.54) is 15.9 Å². The first-order chi connectivity index (χ1) is 12.2. The first kappa shape index (κ1) is 16.3. The zero-order valence-corrected chi connectivity index (χ0v) is 15.1. The summed E-state index contributed by atoms with van der Waals surface area (Å²) in [6, 6.07) is 1.80. The van der Waals surface area contributed by atoms with Crippen molar-refractivity contribution in [1.82, 2.24) is 24.8 Å². The van der Waals surface area contributed by atoms with Crippen LogP contribution < -0.4 is 15.8 Å². The Morgan fingerprint density at radius 1 is 1.36 bits per heavy atom. The summed E-state index contributed by atoms with van der Waals surface area (Å²) in [6.07, 6.45) is 3.77. The number of nitrogens with one attached hydrogen (secondary N) is 1. The van der Waals surface area contributed by atoms with E-state index in [1.54, 1.807) is 6.07 Å². The number of piperidine rings is 1. The third-order valence-corrected chi connectivity index (χ3v) is 5.76. The second-order valence-electron chi connectivity index (χ2n) is 6.58. The van der Waals surface area contributed by atoms with Crippen LogP contribution in [0.15, 0.2) is 10.9 Å². The average Bonchev–Trinajstić information content (AvgIpc) is 3.22. The summed E-state index contributed by atoms with van der Waals surface area (Å²) >= 11 is 1.45. The van der Waals surface area contributed by atoms with Gasteiger partial charge in [-0.15, -0.1) is 5.10 Å². The van der Waals surface area contributed by atoms with Crippen molar-refractivity contribution in [2.45, 2.75) is 38.6 Å². The largest absolute Gasteiger partial charge is 0.345 e. The number of amides is 2. The van der Waals surface area contributed by atoms with Gasteiger partial charge in [-0.2, -0.15) is 4.52 Å². The van der Waals surface area contributed by atoms with Crippen LogP contribution in [-0.2, 0) is 6.42 Å². The topological polar surface area (TPSA) is 82.8 Å². The number of hydrogen-bond acceptors (Lipinski definition) is 6. The van der Waals surface area contributed by atoms with Crippen molar-refractivity contribution in [3.8, 4) is 0 Å². The molecule has 1 atom stereocenters. The monoisotopic (exact) mass is 362 g/mol. The lowest BCUT2D eigenvalue weighted by Gasteiger charge is -2.36. The lowest BCUT2D eigenvalue weighted by molar-refractivity contribution is 0.189. The zero-order valence-electron chi connectivity index (χ0n) is 14.3. The fourth-order valence-corrected chi connectivity index (χ4v) is 4.54. The van der Waals surface area contributed by atoms with Crippen molar-refractivity contribution in [2.24, 2.45) is 0 Å². The van der Waals surface area contributed by atoms with Gasteiger partial charge in [0.2, 0.25) is 10.1 Å². The molecule has 2 fully saturated rings. The third kappa shape index (κ3) is 3.08. The molecule has 134 valence electrons. The van der Waals surface area contributed by atoms with Gasteiger partial charge in [0.25, 0.3) is 5.56 Å². The van der Waals surface area contributed by atoms with Gasteiger partial charge in [-0.3, -0.25) is 4.79 Å². The summed E-state index contributed by atoms with van der Waals surface area (Å²) in [5.41, 5.74) is 0.705. The standard InChI is InChI=1S/C16H22N6O2S/c1-2-4-11-9-13(23)22-15(18-11)25-16(19-22)20-7-3-5-12(10-20)21-8-6-17-14(21)24/h9,12H,2-8,10H2,1H3,(H,17,24). The van der Waals surface area contributed by atoms with Crippen LogP contribution in [0.4, 0.5) is 9.93 Å². The fourth-order valence-electron chi connectivity index (χ4n) is 3.58. The average molecular weight is 362 g/mol. The molecule has 0 aliphatic carbocycles. The second kappa shape index (κ2) is 6.62. The summed E-state index contributed by atoms with van der Waals surface area (Å²) in [6.45, 7) is 5.20. The molecule has 2 aliphatic heterocycles. The molecule has 4 rings (SSSR count). The van der Waals surface area contributed by atoms with Crippen molar-refractivity contribution < 1.29 is 4.79 Å². The van der Waals surface area contributed by atoms with Crippen molar-refractivity contribution in [1.29, 1.82) is 0 Å². The van der Waals surface area contributed by atoms with E-state index in [0.29, 0.717) is 4.96 Å². The molecule has 2 aromatic rings. The van der Waals surface area contributed by atoms with E-state index in [4.69, 9.17) is 0 Å². The number of nitrogens with zero attached hydrogens (tertiary/aromatic N) is 5. The third-order valence-electron chi connectivity index (χ3n) is 4.79. The predicted molar refractivity (Wildman–Crippen MR) is 96.5 cm³/mol. The van der Waals surface area contributed by atoms with E-state index in [-0.39, 0.29) is 17.6 Å². The number of urea groups is 1. The van der Waals surface area contributed by atoms with Crippen molar-refractivity contribution in [3.63, 3.8) is 0 Å². The summed E-state index contributed by atoms with van der Waals surface area (Å²) in [7, 11) is 0. The maximum absolute atomic E-state index is 12.3. The van der Waals surface area contributed by atoms with E-state index in [0.717, 1.165) is 62.7 Å². The Balaban J connectivity index is 1.59. The van der Waals surface area contributed by atoms with Gasteiger partial charge < -0.3 is 15.1 Å². The van der Waals surface area contributed by atoms with E-state index in [1.807, 2.05) is 4.90 Å². The van der Waals surface area contributed by atoms with Crippen LogP contribution in [0.25, 0.3) is 4.96 Å². The molecule has 9 heteroatoms. The van der Waals surface area contributed by atoms with Gasteiger partial charge in [-0.05, 0) is 19.3 Å². The fraction of sp³-hybridized carbons (Fsp3) is 0.625. The van der Waals surface area contributed by atoms with Crippen LogP contribution >= 0.6 is 11.3 Å². The van der Waals surface area contributed by atoms with Crippen LogP contribution in [0, 0.1) is 0 Å². The number of carbonyl (C=O) groups is 1. The predicted octanol–water partition coefficient (Wildman–Crippen LogP) is 1.10. The highest BCUT2D eigenvalue weighted by Gasteiger charge is 2.32. The lowest BCUT2D eigenvalue weighted by Crippen LogP contribution is -2.49. The molecule has 2 aliphatic rings. The van der Waals surface area contributed by atoms with Crippen molar-refractivity contribution in [3.05, 3.63) is 22.1 Å². The Kier molecular flexibility index (Phi) is 4.32. The molecule has 0 aromatic carbocycles. The molecule has 0 radical (unpaired) electrons. The second-order valence-corrected chi connectivity index (χ2v) is 7.52. The zero-order chi connectivity index (χ0) is 17.4. The molecule has 2 aromatic heterocycles. The van der Waals surface area contributed by atoms with Crippen molar-refractivity contribution in [2.75, 3.05) is 31.1 Å². The Bertz CT molecular complexity index is 847. The minimum atomic E-state index is -0.122. The van der Waals surface area contributed by atoms with Gasteiger partial charge in [-0.1, -0.05) is 24.7 Å². The molecule has 25 heavy (non-hydrogen) atoms. The number of hydrogen-bond donors (Lipinski definition) is 1. The molecule has 0 saturated carbocycles. The number of aromatic nitrogens is 3. The maximum atomic E-state index is 12.3. The van der Waals surface area contributed by atoms with Gasteiger partial charge in [0.15, 0.2) is 0 Å². The minimum absolute atomic E-state index is 0.0262. The van der Waals surface area contributed by atoms with E-state index in [9.17, 15) is 9.59 Å². The summed E-state index contributed by atoms with van der Waals surface area (Å²) in [5.74, 6) is 0. The quantitative estimate of drug-likeness (QED) is 0.881. The summed E-state index contributed by atoms with van der Waals surface area (Å²) in [5, 5.41) is 8.16. The molecule has 0 spiro atoms. The molecule has 0 bridgehead atoms. The number of anilines is 1. The smallest absolute Gasteiger partial charge is 0.317 e. The number of aryl methyl sites for hydroxylation is 1. The highest BCUT2D eigenvalue weighted by molar-refractivity contribution is 7.20. The molecule has 2 saturated heterocycles. The molecule has 2 amide bonds. The molecule has 4 heterocycles. The first-order valence-electron chi connectivity index (χ1n) is 8.85. The van der Waals surface area contributed by atoms with Gasteiger partial charge in [0, 0.05) is 37.9 Å². The number of rotatable bonds is 4. The van der Waals surface area contributed by atoms with Crippen LogP contribution in [0.3, 0.4) is 0 Å². The summed E-state index contributed by atoms with van der Waals surface area (Å²) < 4.78 is 1.39. The highest BCUT2D eigenvalue weighted by atomic mass is 32.1. The van der Waals surface area contributed by atoms with Gasteiger partial charge in [0.05, 0.1) is 6.04 Å². The Morgan fingerprint density at radius 2 is 2.24 bits per heavy atom. The molecular weight excluding hydrogens is 340 g/mol. The van der Waals surface area contributed by atoms with Crippen LogP contribution in [0.2, 0.25) is 0 Å². The van der Waals surface area contributed by atoms with Crippen molar-refractivity contribution >= 4 is 27.5 Å². The molecule has 1 N–H and O–H groups in total. The lowest BCUT2D eigenvalue weighted by atomic mass is 10.1. The SMILES string of the molecule is CCCc1cc(=O)n2nc(N3CCCC(N4CCNC4=O)C3)sc2n1. The summed E-state index contributed by atoms with van der Waals surface area (Å²) in [4.78, 5) is 33.5. The first-order valence-corrected chi connectivity index (χ1v) is 9.66. The molecular formula is C16H22N6O2S. The van der Waals surface area contributed by atoms with E-state index in [2.05, 4.69) is 27.2 Å². The van der Waals surface area contributed by atoms with E-state index < -0.39 is 0 Å². The Labute approximate surface area is 149 Å². The van der Waals surface area contributed by atoms with Gasteiger partial charge >= 0.3 is 6.03 Å². The van der Waals surface area contributed by atoms with Crippen LogP contribution in [0.5, 0.6) is 0 Å². The number of fused-ring (bicyclic) bond motifs is 1. The van der Waals surface area contributed by atoms with E-state index >= 15 is 0 Å². The molecule has 8 nitrogen and oxygen atoms in total. The normalized spacial score (nSPS) is 21.2. The highest BCUT2D eigenvalue weighted by Crippen LogP contribution is 2.26. The van der Waals surface area contributed by atoms with Crippen LogP contribution in [-0.4, -0.2) is 57.7 Å². The Morgan fingerprint density at radius 3 is 3.00 bits per heavy atom. The van der Waals surface area contributed by atoms with Gasteiger partial charge in [-0.25, -0.2) is 9.78 Å². The van der Waals surface area contributed by atoms with Gasteiger partial charge in [0.1, 0.15) is 0 Å².